The van der Waals surface area contributed by atoms with Crippen LogP contribution in [0.1, 0.15) is 32.1 Å². The lowest BCUT2D eigenvalue weighted by molar-refractivity contribution is -0.132. The van der Waals surface area contributed by atoms with Crippen molar-refractivity contribution in [3.8, 4) is 12.3 Å². The molecular weight excluding hydrogens is 318 g/mol. The Balaban J connectivity index is 0.00000484. The van der Waals surface area contributed by atoms with Gasteiger partial charge in [-0.1, -0.05) is 0 Å². The quantitative estimate of drug-likeness (QED) is 0.206. The van der Waals surface area contributed by atoms with Gasteiger partial charge in [-0.15, -0.1) is 12.4 Å². The Bertz CT molecular complexity index is 482. The average molecular weight is 342 g/mol. The van der Waals surface area contributed by atoms with Gasteiger partial charge in [-0.05, 0) is 32.1 Å². The number of rotatable bonds is 6. The third kappa shape index (κ3) is 6.72. The Morgan fingerprint density at radius 2 is 2.22 bits per heavy atom. The summed E-state index contributed by atoms with van der Waals surface area (Å²) in [6.07, 6.45) is 5.58. The standard InChI is InChI=1S/C14H23N7O.ClH/c1-18-14(20-10-16)19-7-3-2-6-12(17)13(22)21-8-4-5-11(21)9-15;/h11-12H,2-8,17H2,1H3,(H2,18,19,20);1H/t11-,12-;/m0./s1. The summed E-state index contributed by atoms with van der Waals surface area (Å²) >= 11 is 0. The lowest BCUT2D eigenvalue weighted by Gasteiger charge is -2.23. The summed E-state index contributed by atoms with van der Waals surface area (Å²) in [4.78, 5) is 17.7. The molecule has 9 heteroatoms. The Labute approximate surface area is 143 Å². The van der Waals surface area contributed by atoms with Crippen LogP contribution in [0, 0.1) is 22.8 Å². The van der Waals surface area contributed by atoms with Gasteiger partial charge in [0.2, 0.25) is 11.9 Å². The van der Waals surface area contributed by atoms with E-state index in [1.165, 1.54) is 0 Å². The highest BCUT2D eigenvalue weighted by molar-refractivity contribution is 5.85. The van der Waals surface area contributed by atoms with Crippen molar-refractivity contribution in [3.05, 3.63) is 0 Å². The van der Waals surface area contributed by atoms with Gasteiger partial charge in [0, 0.05) is 20.1 Å². The van der Waals surface area contributed by atoms with E-state index in [-0.39, 0.29) is 24.4 Å². The smallest absolute Gasteiger partial charge is 0.240 e. The molecule has 1 saturated heterocycles. The fourth-order valence-electron chi connectivity index (χ4n) is 2.43. The van der Waals surface area contributed by atoms with E-state index in [9.17, 15) is 4.79 Å². The lowest BCUT2D eigenvalue weighted by atomic mass is 10.1. The summed E-state index contributed by atoms with van der Waals surface area (Å²) in [7, 11) is 1.59. The molecular formula is C14H24ClN7O. The zero-order valence-electron chi connectivity index (χ0n) is 13.3. The third-order valence-corrected chi connectivity index (χ3v) is 3.63. The molecule has 0 bridgehead atoms. The number of guanidine groups is 1. The Morgan fingerprint density at radius 1 is 1.48 bits per heavy atom. The molecule has 0 radical (unpaired) electrons. The van der Waals surface area contributed by atoms with Crippen LogP contribution in [0.15, 0.2) is 4.99 Å². The number of hydrogen-bond acceptors (Lipinski definition) is 5. The van der Waals surface area contributed by atoms with Crippen LogP contribution >= 0.6 is 12.4 Å². The second kappa shape index (κ2) is 11.5. The molecule has 1 fully saturated rings. The maximum Gasteiger partial charge on any atom is 0.240 e. The Hall–Kier alpha value is -2.03. The van der Waals surface area contributed by atoms with E-state index in [4.69, 9.17) is 16.3 Å². The zero-order valence-corrected chi connectivity index (χ0v) is 14.1. The van der Waals surface area contributed by atoms with Gasteiger partial charge < -0.3 is 16.0 Å². The average Bonchev–Trinajstić information content (AvgIpc) is 3.01. The SMILES string of the molecule is CN=C(NC#N)NCCCC[C@H](N)C(=O)N1CCC[C@H]1C#N.Cl. The van der Waals surface area contributed by atoms with E-state index in [1.807, 2.05) is 0 Å². The number of aliphatic imine (C=N–C) groups is 1. The monoisotopic (exact) mass is 341 g/mol. The molecule has 8 nitrogen and oxygen atoms in total. The molecule has 2 atom stereocenters. The molecule has 1 rings (SSSR count). The molecule has 128 valence electrons. The maximum absolute atomic E-state index is 12.2. The number of amides is 1. The molecule has 1 aliphatic rings. The van der Waals surface area contributed by atoms with Crippen LogP contribution in [0.4, 0.5) is 0 Å². The first kappa shape index (κ1) is 21.0. The molecule has 4 N–H and O–H groups in total. The van der Waals surface area contributed by atoms with Crippen molar-refractivity contribution in [1.29, 1.82) is 10.5 Å². The fraction of sp³-hybridized carbons (Fsp3) is 0.714. The highest BCUT2D eigenvalue weighted by Gasteiger charge is 2.31. The summed E-state index contributed by atoms with van der Waals surface area (Å²) in [6, 6.07) is 1.28. The predicted molar refractivity (Wildman–Crippen MR) is 89.5 cm³/mol. The van der Waals surface area contributed by atoms with Crippen molar-refractivity contribution in [3.63, 3.8) is 0 Å². The van der Waals surface area contributed by atoms with Crippen LogP contribution in [0.25, 0.3) is 0 Å². The van der Waals surface area contributed by atoms with Crippen LogP contribution in [0.2, 0.25) is 0 Å². The minimum Gasteiger partial charge on any atom is -0.356 e. The van der Waals surface area contributed by atoms with Gasteiger partial charge in [0.1, 0.15) is 6.04 Å². The first-order chi connectivity index (χ1) is 10.6. The highest BCUT2D eigenvalue weighted by atomic mass is 35.5. The zero-order chi connectivity index (χ0) is 16.4. The van der Waals surface area contributed by atoms with Gasteiger partial charge in [0.15, 0.2) is 6.19 Å². The van der Waals surface area contributed by atoms with Crippen molar-refractivity contribution in [2.24, 2.45) is 10.7 Å². The fourth-order valence-corrected chi connectivity index (χ4v) is 2.43. The van der Waals surface area contributed by atoms with Gasteiger partial charge in [0.25, 0.3) is 0 Å². The van der Waals surface area contributed by atoms with Crippen LogP contribution < -0.4 is 16.4 Å². The molecule has 0 aromatic heterocycles. The molecule has 1 aliphatic heterocycles. The molecule has 0 aromatic rings. The first-order valence-electron chi connectivity index (χ1n) is 7.45. The number of nitriles is 2. The third-order valence-electron chi connectivity index (χ3n) is 3.63. The van der Waals surface area contributed by atoms with Crippen LogP contribution in [0.3, 0.4) is 0 Å². The molecule has 1 amide bonds. The van der Waals surface area contributed by atoms with E-state index in [2.05, 4.69) is 21.7 Å². The van der Waals surface area contributed by atoms with E-state index < -0.39 is 6.04 Å². The van der Waals surface area contributed by atoms with Gasteiger partial charge in [-0.2, -0.15) is 10.5 Å². The van der Waals surface area contributed by atoms with Crippen molar-refractivity contribution in [1.82, 2.24) is 15.5 Å². The summed E-state index contributed by atoms with van der Waals surface area (Å²) in [5.74, 6) is 0.302. The molecule has 23 heavy (non-hydrogen) atoms. The Kier molecular flexibility index (Phi) is 10.5. The number of carbonyl (C=O) groups excluding carboxylic acids is 1. The van der Waals surface area contributed by atoms with Crippen LogP contribution in [-0.4, -0.2) is 49.0 Å². The van der Waals surface area contributed by atoms with Crippen molar-refractivity contribution in [2.45, 2.75) is 44.2 Å². The van der Waals surface area contributed by atoms with Crippen molar-refractivity contribution in [2.75, 3.05) is 20.1 Å². The molecule has 0 spiro atoms. The molecule has 0 aromatic carbocycles. The minimum absolute atomic E-state index is 0. The number of nitrogens with zero attached hydrogens (tertiary/aromatic N) is 4. The predicted octanol–water partition coefficient (Wildman–Crippen LogP) is 0.0665. The number of unbranched alkanes of at least 4 members (excludes halogenated alkanes) is 1. The van der Waals surface area contributed by atoms with Gasteiger partial charge >= 0.3 is 0 Å². The Morgan fingerprint density at radius 3 is 2.83 bits per heavy atom. The maximum atomic E-state index is 12.2. The van der Waals surface area contributed by atoms with E-state index >= 15 is 0 Å². The van der Waals surface area contributed by atoms with E-state index in [0.717, 1.165) is 25.7 Å². The van der Waals surface area contributed by atoms with Crippen molar-refractivity contribution < 1.29 is 4.79 Å². The molecule has 0 aliphatic carbocycles. The van der Waals surface area contributed by atoms with E-state index in [0.29, 0.717) is 25.5 Å². The number of likely N-dealkylation sites (tertiary alicyclic amines) is 1. The second-order valence-corrected chi connectivity index (χ2v) is 5.16. The second-order valence-electron chi connectivity index (χ2n) is 5.16. The van der Waals surface area contributed by atoms with Gasteiger partial charge in [0.05, 0.1) is 12.1 Å². The number of halogens is 1. The number of nitrogens with two attached hydrogens (primary N) is 1. The van der Waals surface area contributed by atoms with Gasteiger partial charge in [-0.3, -0.25) is 15.1 Å². The number of nitrogens with one attached hydrogen (secondary N) is 2. The topological polar surface area (TPSA) is 130 Å². The summed E-state index contributed by atoms with van der Waals surface area (Å²) in [5, 5.41) is 22.9. The summed E-state index contributed by atoms with van der Waals surface area (Å²) in [5.41, 5.74) is 5.93. The lowest BCUT2D eigenvalue weighted by Crippen LogP contribution is -2.45. The summed E-state index contributed by atoms with van der Waals surface area (Å²) in [6.45, 7) is 1.27. The highest BCUT2D eigenvalue weighted by Crippen LogP contribution is 2.18. The van der Waals surface area contributed by atoms with Gasteiger partial charge in [-0.25, -0.2) is 0 Å². The van der Waals surface area contributed by atoms with Crippen LogP contribution in [0.5, 0.6) is 0 Å². The minimum atomic E-state index is -0.550. The normalized spacial score (nSPS) is 18.3. The van der Waals surface area contributed by atoms with E-state index in [1.54, 1.807) is 18.1 Å². The first-order valence-corrected chi connectivity index (χ1v) is 7.45. The van der Waals surface area contributed by atoms with Crippen molar-refractivity contribution >= 4 is 24.3 Å². The largest absolute Gasteiger partial charge is 0.356 e. The van der Waals surface area contributed by atoms with Crippen LogP contribution in [-0.2, 0) is 4.79 Å². The number of hydrogen-bond donors (Lipinski definition) is 3. The number of carbonyl (C=O) groups is 1. The molecule has 1 heterocycles. The summed E-state index contributed by atoms with van der Waals surface area (Å²) < 4.78 is 0. The molecule has 0 saturated carbocycles. The molecule has 0 unspecified atom stereocenters.